The third-order valence-corrected chi connectivity index (χ3v) is 5.82. The summed E-state index contributed by atoms with van der Waals surface area (Å²) in [6.45, 7) is 6.73. The SMILES string of the molecule is CC(C)N(CCCNC(=O)/C=C1\Sc2ccccc2NC1=O)Cc1ccccc1. The number of thioether (sulfide) groups is 1. The number of carbonyl (C=O) groups is 2. The molecule has 29 heavy (non-hydrogen) atoms. The van der Waals surface area contributed by atoms with Gasteiger partial charge in [0.25, 0.3) is 5.91 Å². The third-order valence-electron chi connectivity index (χ3n) is 4.72. The van der Waals surface area contributed by atoms with E-state index in [0.29, 0.717) is 17.5 Å². The average Bonchev–Trinajstić information content (AvgIpc) is 2.71. The Morgan fingerprint density at radius 3 is 2.62 bits per heavy atom. The Morgan fingerprint density at radius 2 is 1.86 bits per heavy atom. The van der Waals surface area contributed by atoms with Gasteiger partial charge in [-0.25, -0.2) is 0 Å². The first-order valence-corrected chi connectivity index (χ1v) is 10.7. The quantitative estimate of drug-likeness (QED) is 0.510. The first-order valence-electron chi connectivity index (χ1n) is 9.88. The first-order chi connectivity index (χ1) is 14.0. The first kappa shape index (κ1) is 21.1. The smallest absolute Gasteiger partial charge is 0.262 e. The number of carbonyl (C=O) groups excluding carboxylic acids is 2. The van der Waals surface area contributed by atoms with Crippen molar-refractivity contribution in [3.8, 4) is 0 Å². The van der Waals surface area contributed by atoms with Gasteiger partial charge in [0.05, 0.1) is 10.6 Å². The van der Waals surface area contributed by atoms with Gasteiger partial charge in [-0.15, -0.1) is 0 Å². The number of hydrogen-bond acceptors (Lipinski definition) is 4. The van der Waals surface area contributed by atoms with Gasteiger partial charge >= 0.3 is 0 Å². The van der Waals surface area contributed by atoms with Gasteiger partial charge in [-0.1, -0.05) is 54.2 Å². The van der Waals surface area contributed by atoms with Crippen LogP contribution in [0.15, 0.2) is 70.5 Å². The summed E-state index contributed by atoms with van der Waals surface area (Å²) in [7, 11) is 0. The highest BCUT2D eigenvalue weighted by Crippen LogP contribution is 2.37. The standard InChI is InChI=1S/C23H27N3O2S/c1-17(2)26(16-18-9-4-3-5-10-18)14-8-13-24-22(27)15-21-23(28)25-19-11-6-7-12-20(19)29-21/h3-7,9-12,15,17H,8,13-14,16H2,1-2H3,(H,24,27)(H,25,28)/b21-15-. The summed E-state index contributed by atoms with van der Waals surface area (Å²) in [6, 6.07) is 18.4. The molecule has 1 aliphatic rings. The van der Waals surface area contributed by atoms with Crippen LogP contribution in [0.25, 0.3) is 0 Å². The van der Waals surface area contributed by atoms with Gasteiger partial charge in [0.2, 0.25) is 5.91 Å². The maximum Gasteiger partial charge on any atom is 0.262 e. The number of para-hydroxylation sites is 1. The summed E-state index contributed by atoms with van der Waals surface area (Å²) in [5.41, 5.74) is 2.07. The van der Waals surface area contributed by atoms with Gasteiger partial charge in [-0.3, -0.25) is 14.5 Å². The van der Waals surface area contributed by atoms with E-state index in [2.05, 4.69) is 53.6 Å². The van der Waals surface area contributed by atoms with E-state index in [4.69, 9.17) is 0 Å². The van der Waals surface area contributed by atoms with Crippen molar-refractivity contribution >= 4 is 29.3 Å². The van der Waals surface area contributed by atoms with Crippen molar-refractivity contribution in [3.63, 3.8) is 0 Å². The summed E-state index contributed by atoms with van der Waals surface area (Å²) in [5.74, 6) is -0.473. The summed E-state index contributed by atoms with van der Waals surface area (Å²) in [4.78, 5) is 28.2. The number of anilines is 1. The van der Waals surface area contributed by atoms with Crippen LogP contribution in [0.3, 0.4) is 0 Å². The van der Waals surface area contributed by atoms with Crippen molar-refractivity contribution in [2.75, 3.05) is 18.4 Å². The number of nitrogens with zero attached hydrogens (tertiary/aromatic N) is 1. The zero-order valence-corrected chi connectivity index (χ0v) is 17.7. The number of fused-ring (bicyclic) bond motifs is 1. The highest BCUT2D eigenvalue weighted by atomic mass is 32.2. The molecule has 0 unspecified atom stereocenters. The van der Waals surface area contributed by atoms with Gasteiger partial charge in [0, 0.05) is 36.6 Å². The van der Waals surface area contributed by atoms with Gasteiger partial charge < -0.3 is 10.6 Å². The molecule has 0 bridgehead atoms. The topological polar surface area (TPSA) is 61.4 Å². The molecule has 2 N–H and O–H groups in total. The van der Waals surface area contributed by atoms with E-state index in [-0.39, 0.29) is 11.8 Å². The molecule has 1 aliphatic heterocycles. The molecule has 0 atom stereocenters. The molecular weight excluding hydrogens is 382 g/mol. The van der Waals surface area contributed by atoms with Gasteiger partial charge in [-0.05, 0) is 38.0 Å². The fourth-order valence-corrected chi connectivity index (χ4v) is 4.03. The van der Waals surface area contributed by atoms with Crippen LogP contribution in [-0.2, 0) is 16.1 Å². The van der Waals surface area contributed by atoms with E-state index in [9.17, 15) is 9.59 Å². The maximum atomic E-state index is 12.2. The Morgan fingerprint density at radius 1 is 1.14 bits per heavy atom. The van der Waals surface area contributed by atoms with Gasteiger partial charge in [0.15, 0.2) is 0 Å². The molecule has 0 aromatic heterocycles. The maximum absolute atomic E-state index is 12.2. The average molecular weight is 410 g/mol. The van der Waals surface area contributed by atoms with Crippen molar-refractivity contribution in [2.24, 2.45) is 0 Å². The van der Waals surface area contributed by atoms with E-state index in [0.717, 1.165) is 30.1 Å². The molecule has 1 heterocycles. The highest BCUT2D eigenvalue weighted by molar-refractivity contribution is 8.04. The fourth-order valence-electron chi connectivity index (χ4n) is 3.10. The van der Waals surface area contributed by atoms with Gasteiger partial charge in [0.1, 0.15) is 0 Å². The van der Waals surface area contributed by atoms with Crippen molar-refractivity contribution in [3.05, 3.63) is 71.1 Å². The van der Waals surface area contributed by atoms with Crippen LogP contribution in [-0.4, -0.2) is 35.8 Å². The van der Waals surface area contributed by atoms with E-state index in [1.807, 2.05) is 30.3 Å². The summed E-state index contributed by atoms with van der Waals surface area (Å²) in [6.07, 6.45) is 2.24. The molecule has 5 nitrogen and oxygen atoms in total. The Kier molecular flexibility index (Phi) is 7.49. The Bertz CT molecular complexity index is 881. The number of rotatable bonds is 8. The van der Waals surface area contributed by atoms with Crippen molar-refractivity contribution < 1.29 is 9.59 Å². The summed E-state index contributed by atoms with van der Waals surface area (Å²) < 4.78 is 0. The molecule has 0 fully saturated rings. The second-order valence-electron chi connectivity index (χ2n) is 7.26. The molecule has 0 radical (unpaired) electrons. The number of benzene rings is 2. The predicted molar refractivity (Wildman–Crippen MR) is 119 cm³/mol. The lowest BCUT2D eigenvalue weighted by Crippen LogP contribution is -2.33. The van der Waals surface area contributed by atoms with Crippen molar-refractivity contribution in [1.82, 2.24) is 10.2 Å². The minimum atomic E-state index is -0.238. The summed E-state index contributed by atoms with van der Waals surface area (Å²) >= 11 is 1.32. The fraction of sp³-hybridized carbons (Fsp3) is 0.304. The van der Waals surface area contributed by atoms with Crippen LogP contribution in [0, 0.1) is 0 Å². The van der Waals surface area contributed by atoms with Crippen LogP contribution < -0.4 is 10.6 Å². The van der Waals surface area contributed by atoms with Crippen LogP contribution in [0.2, 0.25) is 0 Å². The number of amides is 2. The van der Waals surface area contributed by atoms with Crippen molar-refractivity contribution in [2.45, 2.75) is 37.8 Å². The highest BCUT2D eigenvalue weighted by Gasteiger charge is 2.21. The monoisotopic (exact) mass is 409 g/mol. The van der Waals surface area contributed by atoms with Crippen LogP contribution in [0.4, 0.5) is 5.69 Å². The lowest BCUT2D eigenvalue weighted by molar-refractivity contribution is -0.117. The van der Waals surface area contributed by atoms with E-state index in [1.54, 1.807) is 0 Å². The minimum Gasteiger partial charge on any atom is -0.352 e. The molecule has 2 amide bonds. The molecule has 0 aliphatic carbocycles. The Labute approximate surface area is 176 Å². The van der Waals surface area contributed by atoms with Crippen molar-refractivity contribution in [1.29, 1.82) is 0 Å². The molecule has 0 spiro atoms. The van der Waals surface area contributed by atoms with E-state index < -0.39 is 0 Å². The zero-order valence-electron chi connectivity index (χ0n) is 16.9. The largest absolute Gasteiger partial charge is 0.352 e. The van der Waals surface area contributed by atoms with Crippen LogP contribution in [0.1, 0.15) is 25.8 Å². The molecule has 3 rings (SSSR count). The minimum absolute atomic E-state index is 0.235. The van der Waals surface area contributed by atoms with Gasteiger partial charge in [-0.2, -0.15) is 0 Å². The number of hydrogen-bond donors (Lipinski definition) is 2. The predicted octanol–water partition coefficient (Wildman–Crippen LogP) is 4.03. The molecular formula is C23H27N3O2S. The third kappa shape index (κ3) is 6.21. The second-order valence-corrected chi connectivity index (χ2v) is 8.34. The lowest BCUT2D eigenvalue weighted by Gasteiger charge is -2.26. The van der Waals surface area contributed by atoms with E-state index >= 15 is 0 Å². The Hall–Kier alpha value is -2.57. The van der Waals surface area contributed by atoms with Crippen LogP contribution in [0.5, 0.6) is 0 Å². The second kappa shape index (κ2) is 10.3. The molecule has 152 valence electrons. The molecule has 0 saturated carbocycles. The molecule has 2 aromatic rings. The molecule has 6 heteroatoms. The zero-order chi connectivity index (χ0) is 20.6. The van der Waals surface area contributed by atoms with E-state index in [1.165, 1.54) is 23.4 Å². The Balaban J connectivity index is 1.47. The summed E-state index contributed by atoms with van der Waals surface area (Å²) in [5, 5.41) is 5.72. The lowest BCUT2D eigenvalue weighted by atomic mass is 10.2. The van der Waals surface area contributed by atoms with Crippen LogP contribution >= 0.6 is 11.8 Å². The normalized spacial score (nSPS) is 14.8. The number of nitrogens with one attached hydrogen (secondary N) is 2. The molecule has 0 saturated heterocycles. The molecule has 2 aromatic carbocycles.